The van der Waals surface area contributed by atoms with Crippen LogP contribution in [0.1, 0.15) is 19.4 Å². The van der Waals surface area contributed by atoms with Crippen molar-refractivity contribution in [1.82, 2.24) is 4.98 Å². The number of rotatable bonds is 1. The number of nitrogens with zero attached hydrogens (tertiary/aromatic N) is 2. The van der Waals surface area contributed by atoms with Gasteiger partial charge in [-0.25, -0.2) is 9.88 Å². The average molecular weight is 393 g/mol. The smallest absolute Gasteiger partial charge is 0.418 e. The summed E-state index contributed by atoms with van der Waals surface area (Å²) >= 11 is 1.14. The first-order valence-electron chi connectivity index (χ1n) is 7.98. The van der Waals surface area contributed by atoms with Gasteiger partial charge in [0.05, 0.1) is 15.8 Å². The summed E-state index contributed by atoms with van der Waals surface area (Å²) in [5, 5.41) is 0.147. The van der Waals surface area contributed by atoms with Crippen LogP contribution >= 0.6 is 11.3 Å². The molecule has 0 bridgehead atoms. The van der Waals surface area contributed by atoms with Crippen LogP contribution in [0.5, 0.6) is 5.75 Å². The molecule has 1 amide bonds. The third-order valence-electron chi connectivity index (χ3n) is 4.18. The monoisotopic (exact) mass is 393 g/mol. The summed E-state index contributed by atoms with van der Waals surface area (Å²) < 4.78 is 47.4. The zero-order valence-corrected chi connectivity index (χ0v) is 15.1. The van der Waals surface area contributed by atoms with Crippen molar-refractivity contribution in [2.45, 2.75) is 25.6 Å². The molecule has 9 heteroatoms. The largest absolute Gasteiger partial charge is 0.476 e. The third kappa shape index (κ3) is 2.78. The molecular weight excluding hydrogens is 379 g/mol. The minimum absolute atomic E-state index is 0.101. The van der Waals surface area contributed by atoms with Crippen LogP contribution in [0.25, 0.3) is 10.2 Å². The van der Waals surface area contributed by atoms with E-state index in [1.165, 1.54) is 19.9 Å². The van der Waals surface area contributed by atoms with Crippen molar-refractivity contribution in [2.24, 2.45) is 0 Å². The third-order valence-corrected chi connectivity index (χ3v) is 5.20. The quantitative estimate of drug-likeness (QED) is 0.607. The Labute approximate surface area is 156 Å². The molecule has 0 fully saturated rings. The number of hydrogen-bond acceptors (Lipinski definition) is 5. The molecule has 0 atom stereocenters. The molecule has 4 rings (SSSR count). The van der Waals surface area contributed by atoms with E-state index < -0.39 is 23.2 Å². The van der Waals surface area contributed by atoms with Crippen molar-refractivity contribution in [3.63, 3.8) is 0 Å². The molecule has 1 aromatic heterocycles. The van der Waals surface area contributed by atoms with Gasteiger partial charge < -0.3 is 10.5 Å². The molecule has 1 aliphatic heterocycles. The number of hydrogen-bond donors (Lipinski definition) is 1. The first-order chi connectivity index (χ1) is 12.6. The highest BCUT2D eigenvalue weighted by Crippen LogP contribution is 2.50. The molecule has 2 N–H and O–H groups in total. The van der Waals surface area contributed by atoms with Gasteiger partial charge in [-0.1, -0.05) is 23.5 Å². The maximum absolute atomic E-state index is 13.7. The predicted octanol–water partition coefficient (Wildman–Crippen LogP) is 4.73. The molecule has 0 unspecified atom stereocenters. The van der Waals surface area contributed by atoms with Gasteiger partial charge in [0.1, 0.15) is 11.4 Å². The molecule has 3 aromatic rings. The van der Waals surface area contributed by atoms with Crippen LogP contribution in [-0.4, -0.2) is 16.5 Å². The van der Waals surface area contributed by atoms with E-state index in [0.717, 1.165) is 27.0 Å². The number of carbonyl (C=O) groups excluding carboxylic acids is 1. The zero-order valence-electron chi connectivity index (χ0n) is 14.3. The van der Waals surface area contributed by atoms with Crippen molar-refractivity contribution in [3.8, 4) is 5.75 Å². The Balaban J connectivity index is 2.03. The van der Waals surface area contributed by atoms with Gasteiger partial charge in [-0.15, -0.1) is 0 Å². The first kappa shape index (κ1) is 17.6. The predicted molar refractivity (Wildman–Crippen MR) is 97.3 cm³/mol. The number of halogens is 3. The van der Waals surface area contributed by atoms with Crippen molar-refractivity contribution in [1.29, 1.82) is 0 Å². The molecule has 2 heterocycles. The fraction of sp³-hybridized carbons (Fsp3) is 0.222. The fourth-order valence-electron chi connectivity index (χ4n) is 2.98. The van der Waals surface area contributed by atoms with Gasteiger partial charge in [0.15, 0.2) is 10.7 Å². The van der Waals surface area contributed by atoms with E-state index in [4.69, 9.17) is 10.5 Å². The van der Waals surface area contributed by atoms with E-state index in [1.54, 1.807) is 24.3 Å². The number of fused-ring (bicyclic) bond motifs is 2. The summed E-state index contributed by atoms with van der Waals surface area (Å²) in [6.07, 6.45) is -4.72. The molecule has 2 aromatic carbocycles. The number of aromatic nitrogens is 1. The van der Waals surface area contributed by atoms with Gasteiger partial charge in [0.25, 0.3) is 5.91 Å². The number of alkyl halides is 3. The second-order valence-corrected chi connectivity index (χ2v) is 7.64. The van der Waals surface area contributed by atoms with Crippen LogP contribution < -0.4 is 15.4 Å². The van der Waals surface area contributed by atoms with Gasteiger partial charge >= 0.3 is 6.18 Å². The van der Waals surface area contributed by atoms with Crippen molar-refractivity contribution >= 4 is 44.0 Å². The second-order valence-electron chi connectivity index (χ2n) is 6.63. The lowest BCUT2D eigenvalue weighted by Gasteiger charge is -2.38. The number of benzene rings is 2. The van der Waals surface area contributed by atoms with Gasteiger partial charge in [-0.3, -0.25) is 4.79 Å². The Morgan fingerprint density at radius 3 is 2.59 bits per heavy atom. The number of nitrogen functional groups attached to an aromatic ring is 1. The topological polar surface area (TPSA) is 68.5 Å². The van der Waals surface area contributed by atoms with Crippen LogP contribution in [0.2, 0.25) is 0 Å². The molecule has 0 spiro atoms. The van der Waals surface area contributed by atoms with Crippen LogP contribution in [0.4, 0.5) is 29.7 Å². The average Bonchev–Trinajstić information content (AvgIpc) is 2.98. The summed E-state index contributed by atoms with van der Waals surface area (Å²) in [4.78, 5) is 18.4. The van der Waals surface area contributed by atoms with Crippen molar-refractivity contribution in [3.05, 3.63) is 42.0 Å². The molecule has 0 saturated carbocycles. The molecule has 0 aliphatic carbocycles. The zero-order chi connectivity index (χ0) is 19.6. The lowest BCUT2D eigenvalue weighted by atomic mass is 10.0. The minimum Gasteiger partial charge on any atom is -0.476 e. The van der Waals surface area contributed by atoms with E-state index in [0.29, 0.717) is 5.52 Å². The van der Waals surface area contributed by atoms with Gasteiger partial charge in [-0.2, -0.15) is 13.2 Å². The number of thiazole rings is 1. The molecule has 0 saturated heterocycles. The summed E-state index contributed by atoms with van der Waals surface area (Å²) in [7, 11) is 0. The normalized spacial score (nSPS) is 16.3. The number of para-hydroxylation sites is 1. The van der Waals surface area contributed by atoms with Gasteiger partial charge in [0, 0.05) is 11.8 Å². The number of amides is 1. The molecule has 0 radical (unpaired) electrons. The fourth-order valence-corrected chi connectivity index (χ4v) is 3.95. The number of carbonyl (C=O) groups is 1. The van der Waals surface area contributed by atoms with Crippen LogP contribution in [0.15, 0.2) is 36.4 Å². The van der Waals surface area contributed by atoms with E-state index in [-0.39, 0.29) is 22.3 Å². The van der Waals surface area contributed by atoms with Crippen molar-refractivity contribution in [2.75, 3.05) is 10.6 Å². The highest BCUT2D eigenvalue weighted by molar-refractivity contribution is 7.22. The minimum atomic E-state index is -4.72. The van der Waals surface area contributed by atoms with Crippen LogP contribution in [0.3, 0.4) is 0 Å². The lowest BCUT2D eigenvalue weighted by molar-refractivity contribution is -0.138. The Bertz CT molecular complexity index is 1040. The van der Waals surface area contributed by atoms with Crippen LogP contribution in [-0.2, 0) is 11.0 Å². The molecule has 27 heavy (non-hydrogen) atoms. The van der Waals surface area contributed by atoms with E-state index in [2.05, 4.69) is 4.98 Å². The van der Waals surface area contributed by atoms with Gasteiger partial charge in [-0.05, 0) is 32.0 Å². The molecular formula is C18H14F3N3O2S. The second kappa shape index (κ2) is 5.59. The Morgan fingerprint density at radius 1 is 1.22 bits per heavy atom. The molecule has 140 valence electrons. The van der Waals surface area contributed by atoms with Crippen LogP contribution in [0, 0.1) is 0 Å². The Morgan fingerprint density at radius 2 is 1.93 bits per heavy atom. The highest BCUT2D eigenvalue weighted by Gasteiger charge is 2.48. The SMILES string of the molecule is CC1(C)Oc2cc(N)cc(C(F)(F)F)c2N(c2nc3ccccc3s2)C1=O. The maximum Gasteiger partial charge on any atom is 0.418 e. The summed E-state index contributed by atoms with van der Waals surface area (Å²) in [5.41, 5.74) is 3.34. The van der Waals surface area contributed by atoms with E-state index >= 15 is 0 Å². The lowest BCUT2D eigenvalue weighted by Crippen LogP contribution is -2.51. The molecule has 5 nitrogen and oxygen atoms in total. The highest BCUT2D eigenvalue weighted by atomic mass is 32.1. The van der Waals surface area contributed by atoms with Gasteiger partial charge in [0.2, 0.25) is 0 Å². The first-order valence-corrected chi connectivity index (χ1v) is 8.79. The number of nitrogens with two attached hydrogens (primary N) is 1. The van der Waals surface area contributed by atoms with E-state index in [9.17, 15) is 18.0 Å². The summed E-state index contributed by atoms with van der Waals surface area (Å²) in [6, 6.07) is 9.19. The summed E-state index contributed by atoms with van der Waals surface area (Å²) in [5.74, 6) is -0.740. The summed E-state index contributed by atoms with van der Waals surface area (Å²) in [6.45, 7) is 2.99. The van der Waals surface area contributed by atoms with Crippen molar-refractivity contribution < 1.29 is 22.7 Å². The number of ether oxygens (including phenoxy) is 1. The Kier molecular flexibility index (Phi) is 3.64. The standard InChI is InChI=1S/C18H14F3N3O2S/c1-17(2)15(25)24(16-23-11-5-3-4-6-13(11)27-16)14-10(18(19,20)21)7-9(22)8-12(14)26-17/h3-8H,22H2,1-2H3. The molecule has 1 aliphatic rings. The maximum atomic E-state index is 13.7. The number of anilines is 3. The Hall–Kier alpha value is -2.81. The van der Waals surface area contributed by atoms with E-state index in [1.807, 2.05) is 0 Å².